The Morgan fingerprint density at radius 3 is 2.60 bits per heavy atom. The number of anilines is 1. The van der Waals surface area contributed by atoms with Crippen LogP contribution in [0, 0.1) is 12.8 Å². The average Bonchev–Trinajstić information content (AvgIpc) is 3.05. The molecule has 2 fully saturated rings. The van der Waals surface area contributed by atoms with Crippen LogP contribution in [0.2, 0.25) is 0 Å². The maximum Gasteiger partial charge on any atom is 0.255 e. The van der Waals surface area contributed by atoms with Crippen molar-refractivity contribution >= 4 is 27.0 Å². The maximum absolute atomic E-state index is 13.3. The molecule has 2 aliphatic rings. The normalized spacial score (nSPS) is 28.2. The largest absolute Gasteiger partial charge is 0.393 e. The third-order valence-electron chi connectivity index (χ3n) is 6.33. The van der Waals surface area contributed by atoms with E-state index in [9.17, 15) is 18.3 Å². The van der Waals surface area contributed by atoms with E-state index < -0.39 is 28.5 Å². The zero-order valence-electron chi connectivity index (χ0n) is 20.1. The summed E-state index contributed by atoms with van der Waals surface area (Å²) in [4.78, 5) is 22.2. The molecular weight excluding hydrogens is 406 g/mol. The summed E-state index contributed by atoms with van der Waals surface area (Å²) < 4.78 is 49.7. The van der Waals surface area contributed by atoms with Gasteiger partial charge in [-0.15, -0.1) is 0 Å². The molecule has 1 aliphatic heterocycles. The molecule has 3 heterocycles. The van der Waals surface area contributed by atoms with Gasteiger partial charge in [0.1, 0.15) is 5.65 Å². The van der Waals surface area contributed by atoms with Gasteiger partial charge in [-0.05, 0) is 38.6 Å². The first-order valence-electron chi connectivity index (χ1n) is 11.7. The van der Waals surface area contributed by atoms with Crippen LogP contribution in [0.5, 0.6) is 0 Å². The number of aliphatic hydroxyl groups is 1. The molecule has 1 saturated heterocycles. The summed E-state index contributed by atoms with van der Waals surface area (Å²) in [6.07, 6.45) is 4.35. The highest BCUT2D eigenvalue weighted by atomic mass is 32.2. The Morgan fingerprint density at radius 1 is 1.27 bits per heavy atom. The van der Waals surface area contributed by atoms with E-state index in [1.54, 1.807) is 0 Å². The van der Waals surface area contributed by atoms with Crippen LogP contribution < -0.4 is 10.9 Å². The summed E-state index contributed by atoms with van der Waals surface area (Å²) in [6.45, 7) is 0.0545. The van der Waals surface area contributed by atoms with Gasteiger partial charge in [-0.2, -0.15) is 4.98 Å². The van der Waals surface area contributed by atoms with E-state index in [2.05, 4.69) is 15.3 Å². The Bertz CT molecular complexity index is 1210. The molecule has 2 aromatic rings. The Hall–Kier alpha value is -2.04. The second-order valence-electron chi connectivity index (χ2n) is 8.36. The second-order valence-corrected chi connectivity index (χ2v) is 10.3. The van der Waals surface area contributed by atoms with Gasteiger partial charge in [0.05, 0.1) is 12.4 Å². The van der Waals surface area contributed by atoms with E-state index in [0.29, 0.717) is 55.8 Å². The lowest BCUT2D eigenvalue weighted by molar-refractivity contribution is 0.129. The van der Waals surface area contributed by atoms with Crippen LogP contribution in [0.1, 0.15) is 48.3 Å². The quantitative estimate of drug-likeness (QED) is 0.738. The van der Waals surface area contributed by atoms with Crippen molar-refractivity contribution < 1.29 is 17.6 Å². The van der Waals surface area contributed by atoms with E-state index in [4.69, 9.17) is 4.11 Å². The summed E-state index contributed by atoms with van der Waals surface area (Å²) in [6, 6.07) is 0.915. The third kappa shape index (κ3) is 3.95. The van der Waals surface area contributed by atoms with Gasteiger partial charge in [0, 0.05) is 52.3 Å². The van der Waals surface area contributed by atoms with Crippen LogP contribution in [-0.2, 0) is 10.0 Å². The molecule has 0 spiro atoms. The van der Waals surface area contributed by atoms with Crippen molar-refractivity contribution in [1.82, 2.24) is 18.8 Å². The van der Waals surface area contributed by atoms with Gasteiger partial charge < -0.3 is 10.4 Å². The number of aryl methyl sites for hydroxylation is 1. The number of aromatic nitrogens is 3. The SMILES string of the molecule is [2H]C([2H])([2H])c1cc2cnc(NC3CCN(S(C)(=O)=O)CC3)nc2n([C@H]2CC[C@H](O)[C@@H]2C)c1=O. The molecule has 9 nitrogen and oxygen atoms in total. The first kappa shape index (κ1) is 17.6. The topological polar surface area (TPSA) is 117 Å². The van der Waals surface area contributed by atoms with E-state index >= 15 is 0 Å². The minimum absolute atomic E-state index is 0.0329. The zero-order chi connectivity index (χ0) is 24.1. The highest BCUT2D eigenvalue weighted by Crippen LogP contribution is 2.36. The molecule has 2 N–H and O–H groups in total. The minimum atomic E-state index is -3.23. The molecule has 3 atom stereocenters. The predicted octanol–water partition coefficient (Wildman–Crippen LogP) is 1.27. The lowest BCUT2D eigenvalue weighted by Gasteiger charge is -2.30. The number of hydrogen-bond donors (Lipinski definition) is 2. The zero-order valence-corrected chi connectivity index (χ0v) is 17.9. The van der Waals surface area contributed by atoms with Crippen LogP contribution in [0.3, 0.4) is 0 Å². The number of fused-ring (bicyclic) bond motifs is 1. The fourth-order valence-corrected chi connectivity index (χ4v) is 5.37. The molecule has 0 bridgehead atoms. The van der Waals surface area contributed by atoms with Crippen LogP contribution >= 0.6 is 0 Å². The maximum atomic E-state index is 13.3. The Morgan fingerprint density at radius 2 is 2.00 bits per heavy atom. The molecule has 0 amide bonds. The number of pyridine rings is 1. The summed E-state index contributed by atoms with van der Waals surface area (Å²) in [5, 5.41) is 13.9. The number of piperidine rings is 1. The van der Waals surface area contributed by atoms with Crippen molar-refractivity contribution in [2.24, 2.45) is 5.92 Å². The van der Waals surface area contributed by atoms with Crippen molar-refractivity contribution in [3.63, 3.8) is 0 Å². The summed E-state index contributed by atoms with van der Waals surface area (Å²) >= 11 is 0. The highest BCUT2D eigenvalue weighted by molar-refractivity contribution is 7.88. The second kappa shape index (κ2) is 7.90. The predicted molar refractivity (Wildman–Crippen MR) is 115 cm³/mol. The molecule has 0 aromatic carbocycles. The lowest BCUT2D eigenvalue weighted by Crippen LogP contribution is -2.42. The minimum Gasteiger partial charge on any atom is -0.393 e. The fourth-order valence-electron chi connectivity index (χ4n) is 4.50. The molecule has 0 unspecified atom stereocenters. The molecule has 10 heteroatoms. The monoisotopic (exact) mass is 438 g/mol. The number of rotatable bonds is 4. The molecule has 4 rings (SSSR count). The molecule has 164 valence electrons. The average molecular weight is 439 g/mol. The summed E-state index contributed by atoms with van der Waals surface area (Å²) in [5.74, 6) is 0.0609. The standard InChI is InChI=1S/C20H29N5O4S/c1-12-10-14-11-21-20(22-15-6-8-24(9-7-15)30(3,28)29)23-18(14)25(19(12)27)16-4-5-17(26)13(16)2/h10-11,13,15-17,26H,4-9H2,1-3H3,(H,21,22,23)/t13-,16+,17+/m1/s1/i1D3. The molecule has 0 radical (unpaired) electrons. The van der Waals surface area contributed by atoms with Crippen LogP contribution in [-0.4, -0.2) is 63.9 Å². The first-order chi connectivity index (χ1) is 15.4. The van der Waals surface area contributed by atoms with Gasteiger partial charge in [-0.3, -0.25) is 9.36 Å². The van der Waals surface area contributed by atoms with Crippen molar-refractivity contribution in [3.05, 3.63) is 28.2 Å². The van der Waals surface area contributed by atoms with Gasteiger partial charge in [-0.1, -0.05) is 6.92 Å². The van der Waals surface area contributed by atoms with E-state index in [1.807, 2.05) is 6.92 Å². The molecule has 1 aliphatic carbocycles. The van der Waals surface area contributed by atoms with Crippen molar-refractivity contribution in [1.29, 1.82) is 0 Å². The van der Waals surface area contributed by atoms with E-state index in [-0.39, 0.29) is 23.6 Å². The number of sulfonamides is 1. The molecular formula is C20H29N5O4S. The Labute approximate surface area is 180 Å². The third-order valence-corrected chi connectivity index (χ3v) is 7.64. The van der Waals surface area contributed by atoms with Gasteiger partial charge in [-0.25, -0.2) is 17.7 Å². The number of aliphatic hydroxyl groups excluding tert-OH is 1. The Balaban J connectivity index is 1.71. The number of nitrogens with zero attached hydrogens (tertiary/aromatic N) is 4. The smallest absolute Gasteiger partial charge is 0.255 e. The van der Waals surface area contributed by atoms with Gasteiger partial charge in [0.25, 0.3) is 5.56 Å². The van der Waals surface area contributed by atoms with Crippen LogP contribution in [0.15, 0.2) is 17.1 Å². The van der Waals surface area contributed by atoms with Crippen molar-refractivity contribution in [2.45, 2.75) is 57.6 Å². The van der Waals surface area contributed by atoms with Crippen LogP contribution in [0.25, 0.3) is 11.0 Å². The number of hydrogen-bond acceptors (Lipinski definition) is 7. The number of nitrogens with one attached hydrogen (secondary N) is 1. The van der Waals surface area contributed by atoms with Crippen LogP contribution in [0.4, 0.5) is 5.95 Å². The van der Waals surface area contributed by atoms with Gasteiger partial charge in [0.2, 0.25) is 16.0 Å². The lowest BCUT2D eigenvalue weighted by atomic mass is 10.0. The molecule has 1 saturated carbocycles. The fraction of sp³-hybridized carbons (Fsp3) is 0.650. The first-order valence-corrected chi connectivity index (χ1v) is 12.0. The van der Waals surface area contributed by atoms with Gasteiger partial charge in [0.15, 0.2) is 0 Å². The highest BCUT2D eigenvalue weighted by Gasteiger charge is 2.34. The summed E-state index contributed by atoms with van der Waals surface area (Å²) in [5.41, 5.74) is -0.592. The van der Waals surface area contributed by atoms with Crippen molar-refractivity contribution in [2.75, 3.05) is 24.7 Å². The molecule has 30 heavy (non-hydrogen) atoms. The van der Waals surface area contributed by atoms with E-state index in [0.717, 1.165) is 0 Å². The van der Waals surface area contributed by atoms with Crippen molar-refractivity contribution in [3.8, 4) is 0 Å². The van der Waals surface area contributed by atoms with Gasteiger partial charge >= 0.3 is 0 Å². The van der Waals surface area contributed by atoms with E-state index in [1.165, 1.54) is 27.4 Å². The Kier molecular flexibility index (Phi) is 4.64. The summed E-state index contributed by atoms with van der Waals surface area (Å²) in [7, 11) is -3.23. The molecule has 2 aromatic heterocycles.